The second kappa shape index (κ2) is 6.61. The first-order valence-corrected chi connectivity index (χ1v) is 7.10. The van der Waals surface area contributed by atoms with Crippen molar-refractivity contribution in [3.8, 4) is 0 Å². The summed E-state index contributed by atoms with van der Waals surface area (Å²) < 4.78 is 4.96. The van der Waals surface area contributed by atoms with E-state index in [4.69, 9.17) is 10.5 Å². The number of nitrogens with zero attached hydrogens (tertiary/aromatic N) is 1. The van der Waals surface area contributed by atoms with Gasteiger partial charge in [-0.05, 0) is 36.6 Å². The van der Waals surface area contributed by atoms with Gasteiger partial charge in [0.1, 0.15) is 6.61 Å². The molecule has 0 bridgehead atoms. The third-order valence-corrected chi connectivity index (χ3v) is 3.73. The van der Waals surface area contributed by atoms with Gasteiger partial charge in [0, 0.05) is 17.9 Å². The van der Waals surface area contributed by atoms with Crippen LogP contribution in [0.15, 0.2) is 24.3 Å². The molecule has 1 unspecified atom stereocenters. The van der Waals surface area contributed by atoms with Gasteiger partial charge >= 0.3 is 6.09 Å². The number of hydrogen-bond acceptors (Lipinski definition) is 4. The molecule has 0 aliphatic carbocycles. The second-order valence-electron chi connectivity index (χ2n) is 5.44. The van der Waals surface area contributed by atoms with Crippen LogP contribution in [0.25, 0.3) is 0 Å². The van der Waals surface area contributed by atoms with E-state index < -0.39 is 0 Å². The van der Waals surface area contributed by atoms with Crippen LogP contribution in [-0.2, 0) is 4.74 Å². The van der Waals surface area contributed by atoms with Gasteiger partial charge < -0.3 is 15.8 Å². The van der Waals surface area contributed by atoms with Crippen LogP contribution < -0.4 is 16.0 Å². The van der Waals surface area contributed by atoms with Gasteiger partial charge in [-0.3, -0.25) is 4.90 Å². The lowest BCUT2D eigenvalue weighted by Gasteiger charge is -2.20. The van der Waals surface area contributed by atoms with Crippen molar-refractivity contribution < 1.29 is 9.53 Å². The predicted molar refractivity (Wildman–Crippen MR) is 81.0 cm³/mol. The van der Waals surface area contributed by atoms with Gasteiger partial charge in [-0.1, -0.05) is 19.9 Å². The summed E-state index contributed by atoms with van der Waals surface area (Å²) in [5.41, 5.74) is 7.64. The van der Waals surface area contributed by atoms with Gasteiger partial charge in [-0.15, -0.1) is 0 Å². The largest absolute Gasteiger partial charge is 0.447 e. The van der Waals surface area contributed by atoms with Crippen LogP contribution in [0, 0.1) is 11.8 Å². The van der Waals surface area contributed by atoms with E-state index in [0.717, 1.165) is 17.9 Å². The molecule has 0 saturated carbocycles. The molecular formula is C15H23N3O2. The number of cyclic esters (lactones) is 1. The Morgan fingerprint density at radius 1 is 1.45 bits per heavy atom. The molecule has 1 saturated heterocycles. The average Bonchev–Trinajstić information content (AvgIpc) is 2.86. The van der Waals surface area contributed by atoms with E-state index in [1.807, 2.05) is 24.3 Å². The molecule has 5 nitrogen and oxygen atoms in total. The molecule has 1 aromatic rings. The zero-order chi connectivity index (χ0) is 14.5. The SMILES string of the molecule is CC(C)C(CN)CNc1cccc(N2CCOC2=O)c1. The van der Waals surface area contributed by atoms with Crippen LogP contribution in [0.2, 0.25) is 0 Å². The summed E-state index contributed by atoms with van der Waals surface area (Å²) in [4.78, 5) is 13.2. The molecule has 0 radical (unpaired) electrons. The Hall–Kier alpha value is -1.75. The number of anilines is 2. The van der Waals surface area contributed by atoms with E-state index in [1.165, 1.54) is 0 Å². The number of rotatable bonds is 6. The number of ether oxygens (including phenoxy) is 1. The van der Waals surface area contributed by atoms with Gasteiger partial charge in [-0.25, -0.2) is 4.79 Å². The van der Waals surface area contributed by atoms with Crippen molar-refractivity contribution in [3.63, 3.8) is 0 Å². The average molecular weight is 277 g/mol. The lowest BCUT2D eigenvalue weighted by Crippen LogP contribution is -2.27. The summed E-state index contributed by atoms with van der Waals surface area (Å²) >= 11 is 0. The first-order chi connectivity index (χ1) is 9.61. The zero-order valence-corrected chi connectivity index (χ0v) is 12.1. The number of hydrogen-bond donors (Lipinski definition) is 2. The van der Waals surface area contributed by atoms with Crippen LogP contribution in [0.3, 0.4) is 0 Å². The van der Waals surface area contributed by atoms with E-state index in [0.29, 0.717) is 31.5 Å². The molecule has 110 valence electrons. The van der Waals surface area contributed by atoms with Gasteiger partial charge in [0.15, 0.2) is 0 Å². The third-order valence-electron chi connectivity index (χ3n) is 3.73. The second-order valence-corrected chi connectivity index (χ2v) is 5.44. The monoisotopic (exact) mass is 277 g/mol. The number of nitrogens with one attached hydrogen (secondary N) is 1. The maximum atomic E-state index is 11.6. The summed E-state index contributed by atoms with van der Waals surface area (Å²) in [7, 11) is 0. The summed E-state index contributed by atoms with van der Waals surface area (Å²) in [5.74, 6) is 0.986. The minimum Gasteiger partial charge on any atom is -0.447 e. The molecule has 0 spiro atoms. The van der Waals surface area contributed by atoms with Crippen molar-refractivity contribution in [2.24, 2.45) is 17.6 Å². The van der Waals surface area contributed by atoms with E-state index in [-0.39, 0.29) is 6.09 Å². The Morgan fingerprint density at radius 2 is 2.25 bits per heavy atom. The highest BCUT2D eigenvalue weighted by Crippen LogP contribution is 2.23. The first-order valence-electron chi connectivity index (χ1n) is 7.10. The molecule has 1 amide bonds. The molecule has 20 heavy (non-hydrogen) atoms. The standard InChI is InChI=1S/C15H23N3O2/c1-11(2)12(9-16)10-17-13-4-3-5-14(8-13)18-6-7-20-15(18)19/h3-5,8,11-12,17H,6-7,9-10,16H2,1-2H3. The predicted octanol–water partition coefficient (Wildman–Crippen LogP) is 2.29. The van der Waals surface area contributed by atoms with Gasteiger partial charge in [0.05, 0.1) is 6.54 Å². The van der Waals surface area contributed by atoms with Crippen LogP contribution >= 0.6 is 0 Å². The lowest BCUT2D eigenvalue weighted by atomic mass is 9.96. The molecule has 1 aliphatic rings. The van der Waals surface area contributed by atoms with Gasteiger partial charge in [0.2, 0.25) is 0 Å². The molecule has 1 aromatic carbocycles. The maximum Gasteiger partial charge on any atom is 0.414 e. The van der Waals surface area contributed by atoms with Gasteiger partial charge in [-0.2, -0.15) is 0 Å². The molecular weight excluding hydrogens is 254 g/mol. The molecule has 1 atom stereocenters. The van der Waals surface area contributed by atoms with E-state index in [1.54, 1.807) is 4.90 Å². The van der Waals surface area contributed by atoms with Crippen molar-refractivity contribution in [3.05, 3.63) is 24.3 Å². The quantitative estimate of drug-likeness (QED) is 0.837. The molecule has 2 rings (SSSR count). The number of benzene rings is 1. The number of nitrogens with two attached hydrogens (primary N) is 1. The van der Waals surface area contributed by atoms with Crippen molar-refractivity contribution in [1.82, 2.24) is 0 Å². The van der Waals surface area contributed by atoms with E-state index in [2.05, 4.69) is 19.2 Å². The van der Waals surface area contributed by atoms with Crippen molar-refractivity contribution in [2.45, 2.75) is 13.8 Å². The maximum absolute atomic E-state index is 11.6. The van der Waals surface area contributed by atoms with Crippen LogP contribution in [0.5, 0.6) is 0 Å². The molecule has 1 fully saturated rings. The minimum absolute atomic E-state index is 0.274. The molecule has 1 heterocycles. The number of carbonyl (C=O) groups is 1. The molecule has 5 heteroatoms. The van der Waals surface area contributed by atoms with E-state index >= 15 is 0 Å². The third kappa shape index (κ3) is 3.42. The highest BCUT2D eigenvalue weighted by atomic mass is 16.6. The first kappa shape index (κ1) is 14.7. The molecule has 3 N–H and O–H groups in total. The topological polar surface area (TPSA) is 67.6 Å². The summed E-state index contributed by atoms with van der Waals surface area (Å²) in [6.45, 7) is 6.93. The molecule has 0 aromatic heterocycles. The summed E-state index contributed by atoms with van der Waals surface area (Å²) in [6, 6.07) is 7.83. The Labute approximate surface area is 120 Å². The number of carbonyl (C=O) groups excluding carboxylic acids is 1. The normalized spacial score (nSPS) is 16.4. The Bertz CT molecular complexity index is 462. The van der Waals surface area contributed by atoms with Crippen LogP contribution in [-0.4, -0.2) is 32.3 Å². The highest BCUT2D eigenvalue weighted by Gasteiger charge is 2.23. The van der Waals surface area contributed by atoms with Crippen LogP contribution in [0.1, 0.15) is 13.8 Å². The van der Waals surface area contributed by atoms with Crippen molar-refractivity contribution in [1.29, 1.82) is 0 Å². The summed E-state index contributed by atoms with van der Waals surface area (Å²) in [6.07, 6.45) is -0.274. The fraction of sp³-hybridized carbons (Fsp3) is 0.533. The van der Waals surface area contributed by atoms with E-state index in [9.17, 15) is 4.79 Å². The van der Waals surface area contributed by atoms with Crippen LogP contribution in [0.4, 0.5) is 16.2 Å². The Kier molecular flexibility index (Phi) is 4.84. The Balaban J connectivity index is 2.01. The van der Waals surface area contributed by atoms with Gasteiger partial charge in [0.25, 0.3) is 0 Å². The zero-order valence-electron chi connectivity index (χ0n) is 12.1. The fourth-order valence-electron chi connectivity index (χ4n) is 2.25. The molecule has 1 aliphatic heterocycles. The minimum atomic E-state index is -0.274. The number of amides is 1. The fourth-order valence-corrected chi connectivity index (χ4v) is 2.25. The highest BCUT2D eigenvalue weighted by molar-refractivity contribution is 5.89. The smallest absolute Gasteiger partial charge is 0.414 e. The van der Waals surface area contributed by atoms with Crippen molar-refractivity contribution in [2.75, 3.05) is 36.5 Å². The lowest BCUT2D eigenvalue weighted by molar-refractivity contribution is 0.181. The summed E-state index contributed by atoms with van der Waals surface area (Å²) in [5, 5.41) is 3.40. The van der Waals surface area contributed by atoms with Crippen molar-refractivity contribution >= 4 is 17.5 Å². The Morgan fingerprint density at radius 3 is 2.85 bits per heavy atom.